The molecule has 4 atom stereocenters. The number of likely N-dealkylation sites (N-methyl/N-ethyl adjacent to an activating group) is 1. The predicted molar refractivity (Wildman–Crippen MR) is 236 cm³/mol. The van der Waals surface area contributed by atoms with Gasteiger partial charge in [0.25, 0.3) is 0 Å². The molecule has 1 aliphatic carbocycles. The summed E-state index contributed by atoms with van der Waals surface area (Å²) in [6, 6.07) is 15.3. The number of fused-ring (bicyclic) bond motifs is 1. The van der Waals surface area contributed by atoms with E-state index in [1.165, 1.54) is 32.8 Å². The number of ether oxygens (including phenoxy) is 4. The first-order chi connectivity index (χ1) is 28.3. The number of pyridine rings is 1. The van der Waals surface area contributed by atoms with Crippen LogP contribution in [0.1, 0.15) is 101 Å². The highest BCUT2D eigenvalue weighted by Crippen LogP contribution is 2.36. The minimum Gasteiger partial charge on any atom is -0.497 e. The molecule has 1 heterocycles. The van der Waals surface area contributed by atoms with Gasteiger partial charge in [0.15, 0.2) is 0 Å². The largest absolute Gasteiger partial charge is 0.497 e. The van der Waals surface area contributed by atoms with Crippen molar-refractivity contribution in [2.45, 2.75) is 125 Å². The van der Waals surface area contributed by atoms with E-state index in [1.807, 2.05) is 75.4 Å². The van der Waals surface area contributed by atoms with E-state index in [4.69, 9.17) is 19.2 Å². The number of hydrogen-bond donors (Lipinski definition) is 3. The molecule has 1 aromatic heterocycles. The Morgan fingerprint density at radius 2 is 1.55 bits per heavy atom. The van der Waals surface area contributed by atoms with Gasteiger partial charge in [-0.3, -0.25) is 14.4 Å². The number of benzene rings is 2. The van der Waals surface area contributed by atoms with Crippen LogP contribution in [0, 0.1) is 11.3 Å². The van der Waals surface area contributed by atoms with E-state index in [2.05, 4.69) is 34.5 Å². The van der Waals surface area contributed by atoms with Gasteiger partial charge in [-0.15, -0.1) is 0 Å². The van der Waals surface area contributed by atoms with Crippen LogP contribution in [-0.2, 0) is 33.4 Å². The zero-order chi connectivity index (χ0) is 45.0. The van der Waals surface area contributed by atoms with E-state index < -0.39 is 52.9 Å². The van der Waals surface area contributed by atoms with Crippen molar-refractivity contribution >= 4 is 40.9 Å². The van der Waals surface area contributed by atoms with Gasteiger partial charge in [0.05, 0.1) is 43.9 Å². The highest BCUT2D eigenvalue weighted by molar-refractivity contribution is 6.02. The molecule has 0 saturated heterocycles. The maximum atomic E-state index is 13.8. The van der Waals surface area contributed by atoms with Crippen LogP contribution in [0.4, 0.5) is 0 Å². The third-order valence-corrected chi connectivity index (χ3v) is 9.39. The van der Waals surface area contributed by atoms with Gasteiger partial charge in [-0.25, -0.2) is 9.78 Å². The molecule has 2 aromatic carbocycles. The Bertz CT molecular complexity index is 1880. The van der Waals surface area contributed by atoms with Crippen LogP contribution in [0.25, 0.3) is 22.2 Å². The number of carbonyl (C=O) groups is 5. The fourth-order valence-corrected chi connectivity index (χ4v) is 6.00. The fourth-order valence-electron chi connectivity index (χ4n) is 6.00. The highest BCUT2D eigenvalue weighted by Gasteiger charge is 2.40. The number of aldehydes is 1. The van der Waals surface area contributed by atoms with Crippen LogP contribution in [-0.4, -0.2) is 86.6 Å². The Kier molecular flexibility index (Phi) is 20.9. The second-order valence-corrected chi connectivity index (χ2v) is 16.6. The molecule has 3 unspecified atom stereocenters. The number of hydrogen-bond acceptors (Lipinski definition) is 11. The number of methoxy groups -OCH3 is 2. The number of carbonyl (C=O) groups excluding carboxylic acids is 5. The van der Waals surface area contributed by atoms with Crippen LogP contribution >= 0.6 is 0 Å². The van der Waals surface area contributed by atoms with E-state index >= 15 is 0 Å². The first kappa shape index (κ1) is 50.8. The van der Waals surface area contributed by atoms with Crippen LogP contribution in [0.5, 0.6) is 11.5 Å². The summed E-state index contributed by atoms with van der Waals surface area (Å²) >= 11 is 0. The van der Waals surface area contributed by atoms with E-state index in [9.17, 15) is 24.0 Å². The first-order valence-electron chi connectivity index (χ1n) is 20.8. The van der Waals surface area contributed by atoms with E-state index in [-0.39, 0.29) is 24.5 Å². The third-order valence-electron chi connectivity index (χ3n) is 9.39. The third kappa shape index (κ3) is 16.4. The Hall–Kier alpha value is -5.30. The minimum atomic E-state index is -0.953. The average Bonchev–Trinajstić information content (AvgIpc) is 3.64. The van der Waals surface area contributed by atoms with Gasteiger partial charge >= 0.3 is 11.9 Å². The van der Waals surface area contributed by atoms with Crippen LogP contribution in [0.2, 0.25) is 0 Å². The van der Waals surface area contributed by atoms with Gasteiger partial charge in [0, 0.05) is 35.1 Å². The lowest BCUT2D eigenvalue weighted by atomic mass is 9.87. The van der Waals surface area contributed by atoms with Crippen LogP contribution in [0.3, 0.4) is 0 Å². The zero-order valence-corrected chi connectivity index (χ0v) is 37.7. The zero-order valence-electron chi connectivity index (χ0n) is 37.7. The molecule has 3 N–H and O–H groups in total. The lowest BCUT2D eigenvalue weighted by molar-refractivity contribution is -0.159. The monoisotopic (exact) mass is 832 g/mol. The van der Waals surface area contributed by atoms with Gasteiger partial charge < -0.3 is 39.7 Å². The molecule has 0 aliphatic heterocycles. The quantitative estimate of drug-likeness (QED) is 0.0740. The summed E-state index contributed by atoms with van der Waals surface area (Å²) in [5, 5.41) is 8.94. The number of rotatable bonds is 16. The number of nitrogens with one attached hydrogen (secondary N) is 3. The average molecular weight is 833 g/mol. The molecular formula is C47H68N4O9. The molecule has 13 nitrogen and oxygen atoms in total. The molecule has 60 heavy (non-hydrogen) atoms. The lowest BCUT2D eigenvalue weighted by Crippen LogP contribution is -2.48. The predicted octanol–water partition coefficient (Wildman–Crippen LogP) is 7.54. The molecule has 13 heteroatoms. The molecule has 3 aromatic rings. The molecule has 2 amide bonds. The summed E-state index contributed by atoms with van der Waals surface area (Å²) in [5.41, 5.74) is 1.08. The summed E-state index contributed by atoms with van der Waals surface area (Å²) in [7, 11) is 4.64. The van der Waals surface area contributed by atoms with Gasteiger partial charge in [-0.2, -0.15) is 0 Å². The van der Waals surface area contributed by atoms with Crippen LogP contribution < -0.4 is 25.4 Å². The van der Waals surface area contributed by atoms with Crippen molar-refractivity contribution in [3.63, 3.8) is 0 Å². The van der Waals surface area contributed by atoms with Crippen molar-refractivity contribution < 1.29 is 42.9 Å². The smallest absolute Gasteiger partial charge is 0.329 e. The maximum absolute atomic E-state index is 13.8. The van der Waals surface area contributed by atoms with Gasteiger partial charge in [0.2, 0.25) is 11.8 Å². The molecule has 0 spiro atoms. The van der Waals surface area contributed by atoms with Crippen molar-refractivity contribution in [3.05, 3.63) is 66.2 Å². The maximum Gasteiger partial charge on any atom is 0.329 e. The second kappa shape index (κ2) is 24.7. The topological polar surface area (TPSA) is 171 Å². The van der Waals surface area contributed by atoms with Crippen molar-refractivity contribution in [2.75, 3.05) is 27.8 Å². The lowest BCUT2D eigenvalue weighted by Gasteiger charge is -2.28. The molecule has 0 saturated carbocycles. The Balaban J connectivity index is 0.000000824. The highest BCUT2D eigenvalue weighted by atomic mass is 16.6. The number of unbranched alkanes of at least 4 members (excludes halogenated alkanes) is 3. The van der Waals surface area contributed by atoms with Gasteiger partial charge in [0.1, 0.15) is 35.5 Å². The Labute approximate surface area is 356 Å². The normalized spacial score (nSPS) is 15.7. The molecule has 1 aliphatic rings. The Morgan fingerprint density at radius 1 is 0.900 bits per heavy atom. The number of aromatic nitrogens is 1. The van der Waals surface area contributed by atoms with Crippen LogP contribution in [0.15, 0.2) is 66.2 Å². The van der Waals surface area contributed by atoms with E-state index in [1.54, 1.807) is 47.9 Å². The van der Waals surface area contributed by atoms with Gasteiger partial charge in [-0.05, 0) is 57.9 Å². The minimum absolute atomic E-state index is 0.126. The molecular weight excluding hydrogens is 765 g/mol. The molecule has 0 fully saturated rings. The number of amides is 2. The fraction of sp³-hybridized carbons (Fsp3) is 0.532. The van der Waals surface area contributed by atoms with Crippen molar-refractivity contribution in [1.29, 1.82) is 0 Å². The molecule has 0 bridgehead atoms. The summed E-state index contributed by atoms with van der Waals surface area (Å²) in [6.07, 6.45) is 7.58. The van der Waals surface area contributed by atoms with E-state index in [0.29, 0.717) is 35.4 Å². The first-order valence-corrected chi connectivity index (χ1v) is 20.8. The SMILES string of the molecule is CCCCCC.CC[C@H](NC(=O)C1CC(Oc2cc(-c3ccccc3)nc3cc(OC)ccc23)C=C1C(=O)NC(C=O)C(C)(C)C)C(=O)OC(C)(C)C.CNCC(=O)OC. The Morgan fingerprint density at radius 3 is 2.05 bits per heavy atom. The van der Waals surface area contributed by atoms with Crippen molar-refractivity contribution in [2.24, 2.45) is 11.3 Å². The molecule has 4 rings (SSSR count). The molecule has 0 radical (unpaired) electrons. The van der Waals surface area contributed by atoms with Crippen molar-refractivity contribution in [3.8, 4) is 22.8 Å². The van der Waals surface area contributed by atoms with Crippen molar-refractivity contribution in [1.82, 2.24) is 20.9 Å². The summed E-state index contributed by atoms with van der Waals surface area (Å²) < 4.78 is 21.8. The number of nitrogens with zero attached hydrogens (tertiary/aromatic N) is 1. The molecule has 330 valence electrons. The standard InChI is InChI=1S/C37H45N3O7.C6H14.C4H9NO2/c1-9-28(35(44)47-37(5,6)7)39-33(42)26-17-24(18-27(26)34(43)40-32(21-41)36(2,3)4)46-31-20-29(22-13-11-10-12-14-22)38-30-19-23(45-8)15-16-25(30)31;1-3-5-6-4-2;1-5-3-4(6)7-2/h10-16,18-21,24,26,28,32H,9,17H2,1-8H3,(H,39,42)(H,40,43);3-6H2,1-2H3;5H,3H2,1-2H3/t24?,26?,28-,32?;;/m0../s1. The van der Waals surface area contributed by atoms with E-state index in [0.717, 1.165) is 10.9 Å². The number of esters is 2. The summed E-state index contributed by atoms with van der Waals surface area (Å²) in [6.45, 7) is 17.3. The van der Waals surface area contributed by atoms with Gasteiger partial charge in [-0.1, -0.05) is 97.6 Å². The summed E-state index contributed by atoms with van der Waals surface area (Å²) in [4.78, 5) is 67.2. The summed E-state index contributed by atoms with van der Waals surface area (Å²) in [5.74, 6) is -1.66. The second-order valence-electron chi connectivity index (χ2n) is 16.6.